The Morgan fingerprint density at radius 3 is 2.29 bits per heavy atom. The van der Waals surface area contributed by atoms with Gasteiger partial charge in [0.25, 0.3) is 0 Å². The number of carbonyl (C=O) groups excluding carboxylic acids is 2. The van der Waals surface area contributed by atoms with Gasteiger partial charge in [-0.15, -0.1) is 0 Å². The van der Waals surface area contributed by atoms with Crippen LogP contribution >= 0.6 is 0 Å². The van der Waals surface area contributed by atoms with Gasteiger partial charge in [-0.2, -0.15) is 0 Å². The highest BCUT2D eigenvalue weighted by Crippen LogP contribution is 1.90. The Hall–Kier alpha value is -1.52. The van der Waals surface area contributed by atoms with E-state index < -0.39 is 12.1 Å². The average Bonchev–Trinajstić information content (AvgIpc) is 2.03. The van der Waals surface area contributed by atoms with Crippen molar-refractivity contribution in [3.8, 4) is 0 Å². The van der Waals surface area contributed by atoms with Crippen molar-refractivity contribution >= 4 is 12.1 Å². The molecular weight excluding hydrogens is 186 g/mol. The predicted octanol–water partition coefficient (Wildman–Crippen LogP) is 1.20. The summed E-state index contributed by atoms with van der Waals surface area (Å²) < 4.78 is 9.26. The molecule has 0 saturated carbocycles. The molecule has 5 heteroatoms. The van der Waals surface area contributed by atoms with E-state index in [1.54, 1.807) is 20.8 Å². The molecule has 0 unspecified atom stereocenters. The Bertz CT molecular complexity index is 235. The zero-order chi connectivity index (χ0) is 11.0. The highest BCUT2D eigenvalue weighted by Gasteiger charge is 2.02. The van der Waals surface area contributed by atoms with Gasteiger partial charge in [0.1, 0.15) is 0 Å². The van der Waals surface area contributed by atoms with E-state index in [1.807, 2.05) is 0 Å². The Morgan fingerprint density at radius 1 is 1.21 bits per heavy atom. The van der Waals surface area contributed by atoms with Crippen LogP contribution in [-0.2, 0) is 14.3 Å². The van der Waals surface area contributed by atoms with Crippen LogP contribution in [-0.4, -0.2) is 25.3 Å². The molecule has 0 heterocycles. The molecule has 1 N–H and O–H groups in total. The molecule has 0 fully saturated rings. The first kappa shape index (κ1) is 12.5. The molecule has 0 rings (SSSR count). The minimum absolute atomic E-state index is 0.290. The number of hydrogen-bond acceptors (Lipinski definition) is 4. The van der Waals surface area contributed by atoms with Gasteiger partial charge in [-0.1, -0.05) is 0 Å². The number of hydrogen-bond donors (Lipinski definition) is 1. The van der Waals surface area contributed by atoms with E-state index in [4.69, 9.17) is 0 Å². The molecule has 0 radical (unpaired) electrons. The zero-order valence-corrected chi connectivity index (χ0v) is 8.62. The maximum absolute atomic E-state index is 10.9. The van der Waals surface area contributed by atoms with Gasteiger partial charge in [0.05, 0.1) is 13.2 Å². The molecule has 1 amide bonds. The molecule has 0 aromatic rings. The Kier molecular flexibility index (Phi) is 6.19. The summed E-state index contributed by atoms with van der Waals surface area (Å²) in [5.74, 6) is -0.484. The lowest BCUT2D eigenvalue weighted by Gasteiger charge is -2.04. The summed E-state index contributed by atoms with van der Waals surface area (Å²) in [6.45, 7) is 5.58. The Morgan fingerprint density at radius 2 is 1.79 bits per heavy atom. The standard InChI is InChI=1S/C9H15NO4/c1-4-13-8(11)6-7(3)10-9(12)14-5-2/h6H,4-5H2,1-3H3,(H,10,12)/b7-6-. The molecule has 0 aromatic carbocycles. The first-order valence-corrected chi connectivity index (χ1v) is 4.39. The lowest BCUT2D eigenvalue weighted by atomic mass is 10.4. The molecule has 0 aliphatic carbocycles. The number of esters is 1. The molecule has 0 bridgehead atoms. The van der Waals surface area contributed by atoms with Crippen LogP contribution in [0.25, 0.3) is 0 Å². The Balaban J connectivity index is 3.99. The van der Waals surface area contributed by atoms with Crippen LogP contribution in [0.15, 0.2) is 11.8 Å². The van der Waals surface area contributed by atoms with Gasteiger partial charge < -0.3 is 9.47 Å². The van der Waals surface area contributed by atoms with Crippen molar-refractivity contribution in [2.24, 2.45) is 0 Å². The lowest BCUT2D eigenvalue weighted by Crippen LogP contribution is -2.23. The third-order valence-electron chi connectivity index (χ3n) is 1.20. The zero-order valence-electron chi connectivity index (χ0n) is 8.62. The van der Waals surface area contributed by atoms with Crippen molar-refractivity contribution in [3.63, 3.8) is 0 Å². The molecule has 80 valence electrons. The topological polar surface area (TPSA) is 64.6 Å². The number of ether oxygens (including phenoxy) is 2. The fraction of sp³-hybridized carbons (Fsp3) is 0.556. The summed E-state index contributed by atoms with van der Waals surface area (Å²) in [4.78, 5) is 21.8. The van der Waals surface area contributed by atoms with Gasteiger partial charge in [-0.05, 0) is 20.8 Å². The van der Waals surface area contributed by atoms with Crippen LogP contribution in [0.5, 0.6) is 0 Å². The molecule has 14 heavy (non-hydrogen) atoms. The molecule has 0 aliphatic rings. The first-order chi connectivity index (χ1) is 6.60. The van der Waals surface area contributed by atoms with Crippen LogP contribution in [0.2, 0.25) is 0 Å². The van der Waals surface area contributed by atoms with E-state index in [1.165, 1.54) is 6.08 Å². The Labute approximate surface area is 83.1 Å². The van der Waals surface area contributed by atoms with Crippen molar-refractivity contribution in [2.75, 3.05) is 13.2 Å². The first-order valence-electron chi connectivity index (χ1n) is 4.39. The van der Waals surface area contributed by atoms with E-state index >= 15 is 0 Å². The molecule has 5 nitrogen and oxygen atoms in total. The normalized spacial score (nSPS) is 10.6. The monoisotopic (exact) mass is 201 g/mol. The SMILES string of the molecule is CCOC(=O)/C=C(/C)NC(=O)OCC. The smallest absolute Gasteiger partial charge is 0.411 e. The largest absolute Gasteiger partial charge is 0.463 e. The second-order valence-electron chi connectivity index (χ2n) is 2.42. The third-order valence-corrected chi connectivity index (χ3v) is 1.20. The predicted molar refractivity (Wildman–Crippen MR) is 50.5 cm³/mol. The fourth-order valence-electron chi connectivity index (χ4n) is 0.725. The molecule has 0 aromatic heterocycles. The van der Waals surface area contributed by atoms with Crippen LogP contribution < -0.4 is 5.32 Å². The van der Waals surface area contributed by atoms with Gasteiger partial charge in [0.15, 0.2) is 0 Å². The van der Waals surface area contributed by atoms with Crippen LogP contribution in [0.1, 0.15) is 20.8 Å². The second kappa shape index (κ2) is 6.94. The molecule has 0 saturated heterocycles. The van der Waals surface area contributed by atoms with Crippen molar-refractivity contribution in [1.29, 1.82) is 0 Å². The molecule has 0 aliphatic heterocycles. The summed E-state index contributed by atoms with van der Waals surface area (Å²) in [6.07, 6.45) is 0.617. The van der Waals surface area contributed by atoms with E-state index in [-0.39, 0.29) is 0 Å². The summed E-state index contributed by atoms with van der Waals surface area (Å²) in [5, 5.41) is 2.37. The van der Waals surface area contributed by atoms with Gasteiger partial charge >= 0.3 is 12.1 Å². The number of carbonyl (C=O) groups is 2. The van der Waals surface area contributed by atoms with Gasteiger partial charge in [0, 0.05) is 11.8 Å². The summed E-state index contributed by atoms with van der Waals surface area (Å²) in [6, 6.07) is 0. The third kappa shape index (κ3) is 6.05. The highest BCUT2D eigenvalue weighted by atomic mass is 16.5. The molecular formula is C9H15NO4. The minimum atomic E-state index is -0.578. The van der Waals surface area contributed by atoms with Gasteiger partial charge in [-0.3, -0.25) is 5.32 Å². The van der Waals surface area contributed by atoms with E-state index in [0.29, 0.717) is 18.9 Å². The number of amides is 1. The van der Waals surface area contributed by atoms with E-state index in [9.17, 15) is 9.59 Å². The maximum atomic E-state index is 10.9. The van der Waals surface area contributed by atoms with Gasteiger partial charge in [-0.25, -0.2) is 9.59 Å². The fourth-order valence-corrected chi connectivity index (χ4v) is 0.725. The maximum Gasteiger partial charge on any atom is 0.411 e. The summed E-state index contributed by atoms with van der Waals surface area (Å²) >= 11 is 0. The minimum Gasteiger partial charge on any atom is -0.463 e. The van der Waals surface area contributed by atoms with Gasteiger partial charge in [0.2, 0.25) is 0 Å². The number of alkyl carbamates (subject to hydrolysis) is 1. The van der Waals surface area contributed by atoms with Crippen LogP contribution in [0.3, 0.4) is 0 Å². The van der Waals surface area contributed by atoms with Crippen molar-refractivity contribution in [1.82, 2.24) is 5.32 Å². The molecule has 0 atom stereocenters. The second-order valence-corrected chi connectivity index (χ2v) is 2.42. The van der Waals surface area contributed by atoms with E-state index in [2.05, 4.69) is 14.8 Å². The lowest BCUT2D eigenvalue weighted by molar-refractivity contribution is -0.137. The van der Waals surface area contributed by atoms with Crippen LogP contribution in [0, 0.1) is 0 Å². The number of nitrogens with one attached hydrogen (secondary N) is 1. The quantitative estimate of drug-likeness (QED) is 0.548. The number of rotatable bonds is 4. The average molecular weight is 201 g/mol. The summed E-state index contributed by atoms with van der Waals surface area (Å²) in [7, 11) is 0. The van der Waals surface area contributed by atoms with E-state index in [0.717, 1.165) is 0 Å². The summed E-state index contributed by atoms with van der Waals surface area (Å²) in [5.41, 5.74) is 0.391. The van der Waals surface area contributed by atoms with Crippen LogP contribution in [0.4, 0.5) is 4.79 Å². The highest BCUT2D eigenvalue weighted by molar-refractivity contribution is 5.83. The van der Waals surface area contributed by atoms with Crippen molar-refractivity contribution < 1.29 is 19.1 Å². The molecule has 0 spiro atoms. The van der Waals surface area contributed by atoms with Crippen molar-refractivity contribution in [2.45, 2.75) is 20.8 Å². The number of allylic oxidation sites excluding steroid dienone is 1. The van der Waals surface area contributed by atoms with Crippen molar-refractivity contribution in [3.05, 3.63) is 11.8 Å².